The van der Waals surface area contributed by atoms with Crippen molar-refractivity contribution in [3.05, 3.63) is 59.0 Å². The lowest BCUT2D eigenvalue weighted by atomic mass is 9.82. The van der Waals surface area contributed by atoms with E-state index in [2.05, 4.69) is 47.3 Å². The van der Waals surface area contributed by atoms with Gasteiger partial charge in [-0.05, 0) is 73.5 Å². The van der Waals surface area contributed by atoms with Gasteiger partial charge in [0, 0.05) is 20.0 Å². The van der Waals surface area contributed by atoms with Crippen molar-refractivity contribution in [3.63, 3.8) is 0 Å². The van der Waals surface area contributed by atoms with Crippen LogP contribution in [0.15, 0.2) is 40.8 Å². The summed E-state index contributed by atoms with van der Waals surface area (Å²) < 4.78 is 11.2. The summed E-state index contributed by atoms with van der Waals surface area (Å²) in [7, 11) is 4.01. The summed E-state index contributed by atoms with van der Waals surface area (Å²) in [5.41, 5.74) is 6.04. The van der Waals surface area contributed by atoms with Gasteiger partial charge < -0.3 is 14.1 Å². The fraction of sp³-hybridized carbons (Fsp3) is 0.435. The Labute approximate surface area is 161 Å². The molecule has 0 aliphatic heterocycles. The minimum atomic E-state index is 0.592. The first kappa shape index (κ1) is 18.1. The second-order valence-electron chi connectivity index (χ2n) is 7.66. The number of likely N-dealkylation sites (N-methyl/N-ethyl adjacent to an activating group) is 1. The zero-order valence-corrected chi connectivity index (χ0v) is 16.5. The van der Waals surface area contributed by atoms with Crippen LogP contribution in [0.5, 0.6) is 5.75 Å². The van der Waals surface area contributed by atoms with Crippen LogP contribution in [0.4, 0.5) is 0 Å². The molecule has 4 rings (SSSR count). The van der Waals surface area contributed by atoms with Gasteiger partial charge in [0.2, 0.25) is 0 Å². The number of nitrogens with zero attached hydrogens (tertiary/aromatic N) is 2. The maximum atomic E-state index is 5.58. The van der Waals surface area contributed by atoms with Crippen molar-refractivity contribution in [2.45, 2.75) is 38.5 Å². The Bertz CT molecular complexity index is 931. The maximum Gasteiger partial charge on any atom is 0.192 e. The Balaban J connectivity index is 1.40. The van der Waals surface area contributed by atoms with Crippen molar-refractivity contribution >= 4 is 11.1 Å². The molecule has 4 nitrogen and oxygen atoms in total. The van der Waals surface area contributed by atoms with E-state index in [4.69, 9.17) is 9.15 Å². The molecule has 1 heterocycles. The Morgan fingerprint density at radius 3 is 3.00 bits per heavy atom. The minimum absolute atomic E-state index is 0.592. The third-order valence-electron chi connectivity index (χ3n) is 5.68. The van der Waals surface area contributed by atoms with Gasteiger partial charge in [-0.1, -0.05) is 18.2 Å². The second-order valence-corrected chi connectivity index (χ2v) is 7.66. The summed E-state index contributed by atoms with van der Waals surface area (Å²) in [4.78, 5) is 6.90. The van der Waals surface area contributed by atoms with Gasteiger partial charge >= 0.3 is 0 Å². The maximum absolute atomic E-state index is 5.58. The van der Waals surface area contributed by atoms with Gasteiger partial charge in [0.05, 0.1) is 7.11 Å². The van der Waals surface area contributed by atoms with Crippen molar-refractivity contribution in [1.29, 1.82) is 0 Å². The Morgan fingerprint density at radius 2 is 2.15 bits per heavy atom. The van der Waals surface area contributed by atoms with Gasteiger partial charge in [-0.3, -0.25) is 0 Å². The molecule has 3 aromatic rings. The van der Waals surface area contributed by atoms with E-state index in [0.717, 1.165) is 48.7 Å². The SMILES string of the molecule is COc1cccc2c1CCC[C@H]2CN(C)CCc1ccc2oc(C)nc2c1. The lowest BCUT2D eigenvalue weighted by molar-refractivity contribution is 0.299. The molecular formula is C23H28N2O2. The van der Waals surface area contributed by atoms with E-state index in [0.29, 0.717) is 5.92 Å². The summed E-state index contributed by atoms with van der Waals surface area (Å²) in [6.07, 6.45) is 4.66. The van der Waals surface area contributed by atoms with E-state index >= 15 is 0 Å². The molecule has 0 unspecified atom stereocenters. The number of methoxy groups -OCH3 is 1. The van der Waals surface area contributed by atoms with Crippen molar-refractivity contribution in [1.82, 2.24) is 9.88 Å². The minimum Gasteiger partial charge on any atom is -0.496 e. The first-order chi connectivity index (χ1) is 13.1. The highest BCUT2D eigenvalue weighted by Crippen LogP contribution is 2.36. The third kappa shape index (κ3) is 3.86. The molecule has 0 radical (unpaired) electrons. The zero-order chi connectivity index (χ0) is 18.8. The molecule has 1 aliphatic carbocycles. The highest BCUT2D eigenvalue weighted by atomic mass is 16.5. The van der Waals surface area contributed by atoms with Crippen LogP contribution in [0.25, 0.3) is 11.1 Å². The molecule has 4 heteroatoms. The summed E-state index contributed by atoms with van der Waals surface area (Å²) in [6, 6.07) is 12.9. The predicted molar refractivity (Wildman–Crippen MR) is 109 cm³/mol. The molecule has 27 heavy (non-hydrogen) atoms. The molecule has 0 saturated heterocycles. The van der Waals surface area contributed by atoms with E-state index < -0.39 is 0 Å². The lowest BCUT2D eigenvalue weighted by Crippen LogP contribution is -2.28. The van der Waals surface area contributed by atoms with Gasteiger partial charge in [0.25, 0.3) is 0 Å². The number of aromatic nitrogens is 1. The zero-order valence-electron chi connectivity index (χ0n) is 16.5. The number of hydrogen-bond donors (Lipinski definition) is 0. The average molecular weight is 364 g/mol. The number of oxazole rings is 1. The molecule has 2 aromatic carbocycles. The molecule has 142 valence electrons. The normalized spacial score (nSPS) is 16.7. The predicted octanol–water partition coefficient (Wildman–Crippen LogP) is 4.74. The average Bonchev–Trinajstić information content (AvgIpc) is 3.05. The fourth-order valence-electron chi connectivity index (χ4n) is 4.33. The summed E-state index contributed by atoms with van der Waals surface area (Å²) in [6.45, 7) is 4.02. The number of benzene rings is 2. The number of hydrogen-bond acceptors (Lipinski definition) is 4. The number of ether oxygens (including phenoxy) is 1. The number of aryl methyl sites for hydroxylation is 1. The molecule has 1 aromatic heterocycles. The molecule has 0 saturated carbocycles. The van der Waals surface area contributed by atoms with Gasteiger partial charge in [-0.2, -0.15) is 0 Å². The molecular weight excluding hydrogens is 336 g/mol. The summed E-state index contributed by atoms with van der Waals surface area (Å²) in [5, 5.41) is 0. The van der Waals surface area contributed by atoms with Crippen molar-refractivity contribution < 1.29 is 9.15 Å². The molecule has 0 fully saturated rings. The van der Waals surface area contributed by atoms with Gasteiger partial charge in [0.1, 0.15) is 11.3 Å². The van der Waals surface area contributed by atoms with Gasteiger partial charge in [-0.25, -0.2) is 4.98 Å². The van der Waals surface area contributed by atoms with Crippen LogP contribution < -0.4 is 4.74 Å². The Hall–Kier alpha value is -2.33. The van der Waals surface area contributed by atoms with E-state index in [1.54, 1.807) is 7.11 Å². The van der Waals surface area contributed by atoms with Crippen LogP contribution in [-0.2, 0) is 12.8 Å². The quantitative estimate of drug-likeness (QED) is 0.633. The Kier molecular flexibility index (Phi) is 5.17. The van der Waals surface area contributed by atoms with Gasteiger partial charge in [0.15, 0.2) is 11.5 Å². The van der Waals surface area contributed by atoms with Gasteiger partial charge in [-0.15, -0.1) is 0 Å². The van der Waals surface area contributed by atoms with Crippen molar-refractivity contribution in [2.24, 2.45) is 0 Å². The van der Waals surface area contributed by atoms with E-state index in [1.165, 1.54) is 29.5 Å². The highest BCUT2D eigenvalue weighted by Gasteiger charge is 2.23. The molecule has 0 spiro atoms. The monoisotopic (exact) mass is 364 g/mol. The van der Waals surface area contributed by atoms with Crippen LogP contribution in [0.3, 0.4) is 0 Å². The standard InChI is InChI=1S/C23H28N2O2/c1-16-24-21-14-17(10-11-23(21)27-16)12-13-25(2)15-18-6-4-8-20-19(18)7-5-9-22(20)26-3/h5,7,9-11,14,18H,4,6,8,12-13,15H2,1-3H3/t18-/m0/s1. The lowest BCUT2D eigenvalue weighted by Gasteiger charge is -2.30. The summed E-state index contributed by atoms with van der Waals surface area (Å²) in [5.74, 6) is 2.37. The van der Waals surface area contributed by atoms with Crippen LogP contribution >= 0.6 is 0 Å². The first-order valence-electron chi connectivity index (χ1n) is 9.84. The van der Waals surface area contributed by atoms with E-state index in [1.807, 2.05) is 13.0 Å². The highest BCUT2D eigenvalue weighted by molar-refractivity contribution is 5.73. The molecule has 0 bridgehead atoms. The second kappa shape index (κ2) is 7.73. The van der Waals surface area contributed by atoms with Crippen LogP contribution in [-0.4, -0.2) is 37.1 Å². The molecule has 1 aliphatic rings. The fourth-order valence-corrected chi connectivity index (χ4v) is 4.33. The van der Waals surface area contributed by atoms with Crippen LogP contribution in [0.2, 0.25) is 0 Å². The number of rotatable bonds is 6. The van der Waals surface area contributed by atoms with Crippen molar-refractivity contribution in [2.75, 3.05) is 27.2 Å². The topological polar surface area (TPSA) is 38.5 Å². The number of fused-ring (bicyclic) bond motifs is 2. The van der Waals surface area contributed by atoms with Crippen molar-refractivity contribution in [3.8, 4) is 5.75 Å². The smallest absolute Gasteiger partial charge is 0.192 e. The van der Waals surface area contributed by atoms with Crippen LogP contribution in [0, 0.1) is 6.92 Å². The Morgan fingerprint density at radius 1 is 1.26 bits per heavy atom. The molecule has 0 amide bonds. The third-order valence-corrected chi connectivity index (χ3v) is 5.68. The molecule has 0 N–H and O–H groups in total. The largest absolute Gasteiger partial charge is 0.496 e. The van der Waals surface area contributed by atoms with Crippen LogP contribution in [0.1, 0.15) is 41.3 Å². The van der Waals surface area contributed by atoms with E-state index in [9.17, 15) is 0 Å². The first-order valence-corrected chi connectivity index (χ1v) is 9.84. The molecule has 1 atom stereocenters. The van der Waals surface area contributed by atoms with E-state index in [-0.39, 0.29) is 0 Å². The summed E-state index contributed by atoms with van der Waals surface area (Å²) >= 11 is 0.